The van der Waals surface area contributed by atoms with Gasteiger partial charge >= 0.3 is 6.61 Å². The molecule has 1 aromatic rings. The van der Waals surface area contributed by atoms with Gasteiger partial charge in [-0.15, -0.1) is 0 Å². The van der Waals surface area contributed by atoms with Gasteiger partial charge in [-0.05, 0) is 74.5 Å². The Hall–Kier alpha value is -2.38. The summed E-state index contributed by atoms with van der Waals surface area (Å²) in [6.07, 6.45) is 8.61. The van der Waals surface area contributed by atoms with E-state index in [9.17, 15) is 13.6 Å². The molecule has 1 N–H and O–H groups in total. The number of hydrogen-bond donors (Lipinski definition) is 1. The smallest absolute Gasteiger partial charge is 0.387 e. The summed E-state index contributed by atoms with van der Waals surface area (Å²) in [7, 11) is 1.36. The zero-order chi connectivity index (χ0) is 20.4. The lowest BCUT2D eigenvalue weighted by Crippen LogP contribution is -2.60. The van der Waals surface area contributed by atoms with Gasteiger partial charge in [0.25, 0.3) is 5.91 Å². The third kappa shape index (κ3) is 4.62. The van der Waals surface area contributed by atoms with Crippen molar-refractivity contribution in [2.24, 2.45) is 22.9 Å². The fourth-order valence-corrected chi connectivity index (χ4v) is 5.75. The summed E-state index contributed by atoms with van der Waals surface area (Å²) in [6, 6.07) is 4.41. The van der Waals surface area contributed by atoms with Crippen molar-refractivity contribution >= 4 is 12.1 Å². The molecule has 4 aliphatic carbocycles. The number of hydrogen-bond acceptors (Lipinski definition) is 5. The predicted octanol–water partition coefficient (Wildman–Crippen LogP) is 3.73. The molecule has 0 heterocycles. The lowest BCUT2D eigenvalue weighted by Gasteiger charge is -2.56. The Morgan fingerprint density at radius 1 is 1.21 bits per heavy atom. The zero-order valence-electron chi connectivity index (χ0n) is 16.4. The highest BCUT2D eigenvalue weighted by atomic mass is 19.3. The molecule has 8 heteroatoms. The van der Waals surface area contributed by atoms with E-state index in [2.05, 4.69) is 15.2 Å². The summed E-state index contributed by atoms with van der Waals surface area (Å²) in [5, 5.41) is 7.03. The van der Waals surface area contributed by atoms with E-state index in [1.165, 1.54) is 44.7 Å². The number of oxime groups is 1. The molecule has 6 nitrogen and oxygen atoms in total. The van der Waals surface area contributed by atoms with Gasteiger partial charge in [0.05, 0.1) is 13.3 Å². The Labute approximate surface area is 168 Å². The first-order valence-corrected chi connectivity index (χ1v) is 10.0. The Kier molecular flexibility index (Phi) is 5.61. The van der Waals surface area contributed by atoms with Gasteiger partial charge < -0.3 is 19.6 Å². The Morgan fingerprint density at radius 2 is 1.86 bits per heavy atom. The molecule has 4 fully saturated rings. The van der Waals surface area contributed by atoms with E-state index in [1.54, 1.807) is 6.07 Å². The van der Waals surface area contributed by atoms with Crippen molar-refractivity contribution in [3.63, 3.8) is 0 Å². The minimum Gasteiger partial charge on any atom is -0.493 e. The molecule has 4 saturated carbocycles. The second-order valence-corrected chi connectivity index (χ2v) is 8.54. The number of nitrogens with one attached hydrogen (secondary N) is 1. The van der Waals surface area contributed by atoms with Gasteiger partial charge in [0, 0.05) is 11.1 Å². The van der Waals surface area contributed by atoms with E-state index in [0.717, 1.165) is 37.0 Å². The molecule has 0 atom stereocenters. The molecule has 1 amide bonds. The van der Waals surface area contributed by atoms with E-state index in [0.29, 0.717) is 5.56 Å². The predicted molar refractivity (Wildman–Crippen MR) is 102 cm³/mol. The van der Waals surface area contributed by atoms with Crippen molar-refractivity contribution in [2.75, 3.05) is 13.7 Å². The van der Waals surface area contributed by atoms with Crippen LogP contribution in [0.1, 0.15) is 44.1 Å². The van der Waals surface area contributed by atoms with Crippen LogP contribution in [-0.2, 0) is 9.63 Å². The number of carbonyl (C=O) groups is 1. The molecule has 0 saturated heterocycles. The van der Waals surface area contributed by atoms with Crippen molar-refractivity contribution in [1.82, 2.24) is 5.32 Å². The number of ether oxygens (including phenoxy) is 2. The number of alkyl halides is 2. The number of rotatable bonds is 8. The quantitative estimate of drug-likeness (QED) is 0.526. The van der Waals surface area contributed by atoms with Crippen LogP contribution >= 0.6 is 0 Å². The fourth-order valence-electron chi connectivity index (χ4n) is 5.75. The third-order valence-corrected chi connectivity index (χ3v) is 6.32. The van der Waals surface area contributed by atoms with Gasteiger partial charge in [-0.25, -0.2) is 0 Å². The van der Waals surface area contributed by atoms with Crippen molar-refractivity contribution in [2.45, 2.75) is 50.7 Å². The Balaban J connectivity index is 1.28. The first-order chi connectivity index (χ1) is 13.9. The molecule has 0 spiro atoms. The number of halogens is 2. The van der Waals surface area contributed by atoms with Crippen LogP contribution in [-0.4, -0.2) is 38.0 Å². The molecule has 29 heavy (non-hydrogen) atoms. The van der Waals surface area contributed by atoms with Crippen molar-refractivity contribution < 1.29 is 27.9 Å². The molecule has 1 aromatic carbocycles. The van der Waals surface area contributed by atoms with E-state index >= 15 is 0 Å². The summed E-state index contributed by atoms with van der Waals surface area (Å²) in [5.41, 5.74) is 0.525. The van der Waals surface area contributed by atoms with Crippen LogP contribution in [0.25, 0.3) is 0 Å². The van der Waals surface area contributed by atoms with Gasteiger partial charge in [0.2, 0.25) is 0 Å². The Morgan fingerprint density at radius 3 is 2.45 bits per heavy atom. The van der Waals surface area contributed by atoms with Crippen LogP contribution in [0.3, 0.4) is 0 Å². The summed E-state index contributed by atoms with van der Waals surface area (Å²) in [4.78, 5) is 17.5. The minimum absolute atomic E-state index is 0.0488. The van der Waals surface area contributed by atoms with Crippen LogP contribution in [0.2, 0.25) is 0 Å². The Bertz CT molecular complexity index is 749. The highest BCUT2D eigenvalue weighted by molar-refractivity contribution is 5.81. The maximum absolute atomic E-state index is 12.4. The highest BCUT2D eigenvalue weighted by Crippen LogP contribution is 2.55. The van der Waals surface area contributed by atoms with Crippen LogP contribution in [0.5, 0.6) is 11.5 Å². The summed E-state index contributed by atoms with van der Waals surface area (Å²) < 4.78 is 34.2. The number of nitrogens with zero attached hydrogens (tertiary/aromatic N) is 1. The van der Waals surface area contributed by atoms with Crippen LogP contribution in [0.4, 0.5) is 8.78 Å². The van der Waals surface area contributed by atoms with Gasteiger partial charge in [-0.3, -0.25) is 4.79 Å². The molecule has 4 bridgehead atoms. The molecular weight excluding hydrogens is 382 g/mol. The largest absolute Gasteiger partial charge is 0.493 e. The van der Waals surface area contributed by atoms with Gasteiger partial charge in [0.1, 0.15) is 0 Å². The topological polar surface area (TPSA) is 69.2 Å². The first-order valence-electron chi connectivity index (χ1n) is 10.0. The zero-order valence-corrected chi connectivity index (χ0v) is 16.4. The molecule has 158 valence electrons. The average molecular weight is 408 g/mol. The molecule has 0 aliphatic heterocycles. The number of carbonyl (C=O) groups excluding carboxylic acids is 1. The van der Waals surface area contributed by atoms with Crippen molar-refractivity contribution in [3.05, 3.63) is 23.8 Å². The number of methoxy groups -OCH3 is 1. The number of benzene rings is 1. The fraction of sp³-hybridized carbons (Fsp3) is 0.619. The molecule has 0 unspecified atom stereocenters. The van der Waals surface area contributed by atoms with Gasteiger partial charge in [-0.1, -0.05) is 5.16 Å². The summed E-state index contributed by atoms with van der Waals surface area (Å²) in [6.45, 7) is -3.08. The highest BCUT2D eigenvalue weighted by Gasteiger charge is 2.51. The van der Waals surface area contributed by atoms with E-state index < -0.39 is 6.61 Å². The number of amides is 1. The van der Waals surface area contributed by atoms with Gasteiger partial charge in [0.15, 0.2) is 18.1 Å². The standard InChI is InChI=1S/C21H26F2N2O4/c1-27-18-7-13(2-3-17(18)29-20(22)23)11-24-28-12-19(26)25-21-8-14-4-15(9-21)6-16(5-14)10-21/h2-3,7,11,14-16,20H,4-6,8-10,12H2,1H3,(H,25,26)/b24-11-. The molecular formula is C21H26F2N2O4. The summed E-state index contributed by atoms with van der Waals surface area (Å²) >= 11 is 0. The molecule has 0 radical (unpaired) electrons. The van der Waals surface area contributed by atoms with Crippen molar-refractivity contribution in [3.8, 4) is 11.5 Å². The van der Waals surface area contributed by atoms with E-state index in [4.69, 9.17) is 9.57 Å². The molecule has 0 aromatic heterocycles. The SMILES string of the molecule is COc1cc(/C=N\OCC(=O)NC23CC4CC(CC(C4)C2)C3)ccc1OC(F)F. The second-order valence-electron chi connectivity index (χ2n) is 8.54. The molecule has 4 aliphatic rings. The second kappa shape index (κ2) is 8.16. The lowest BCUT2D eigenvalue weighted by atomic mass is 9.53. The van der Waals surface area contributed by atoms with Crippen LogP contribution in [0, 0.1) is 17.8 Å². The van der Waals surface area contributed by atoms with E-state index in [-0.39, 0.29) is 29.6 Å². The van der Waals surface area contributed by atoms with Crippen LogP contribution < -0.4 is 14.8 Å². The van der Waals surface area contributed by atoms with Crippen molar-refractivity contribution in [1.29, 1.82) is 0 Å². The summed E-state index contributed by atoms with van der Waals surface area (Å²) in [5.74, 6) is 2.22. The third-order valence-electron chi connectivity index (χ3n) is 6.32. The maximum Gasteiger partial charge on any atom is 0.387 e. The van der Waals surface area contributed by atoms with E-state index in [1.807, 2.05) is 0 Å². The molecule has 5 rings (SSSR count). The lowest BCUT2D eigenvalue weighted by molar-refractivity contribution is -0.131. The normalized spacial score (nSPS) is 30.0. The monoisotopic (exact) mass is 408 g/mol. The maximum atomic E-state index is 12.4. The van der Waals surface area contributed by atoms with Crippen LogP contribution in [0.15, 0.2) is 23.4 Å². The van der Waals surface area contributed by atoms with Gasteiger partial charge in [-0.2, -0.15) is 8.78 Å². The first kappa shape index (κ1) is 19.9. The minimum atomic E-state index is -2.93. The average Bonchev–Trinajstić information content (AvgIpc) is 2.64.